The minimum Gasteiger partial charge on any atom is -0.384 e. The van der Waals surface area contributed by atoms with Crippen LogP contribution in [0.2, 0.25) is 0 Å². The van der Waals surface area contributed by atoms with Crippen molar-refractivity contribution >= 4 is 17.5 Å². The summed E-state index contributed by atoms with van der Waals surface area (Å²) < 4.78 is 0. The summed E-state index contributed by atoms with van der Waals surface area (Å²) in [7, 11) is 1.54. The van der Waals surface area contributed by atoms with Gasteiger partial charge in [0.15, 0.2) is 5.69 Å². The van der Waals surface area contributed by atoms with Crippen molar-refractivity contribution in [3.8, 4) is 0 Å². The molecule has 8 heteroatoms. The third-order valence-electron chi connectivity index (χ3n) is 2.34. The second-order valence-electron chi connectivity index (χ2n) is 3.55. The quantitative estimate of drug-likeness (QED) is 0.591. The Balaban J connectivity index is 1.98. The highest BCUT2D eigenvalue weighted by molar-refractivity contribution is 5.91. The van der Waals surface area contributed by atoms with Crippen molar-refractivity contribution in [1.82, 2.24) is 25.7 Å². The van der Waals surface area contributed by atoms with Crippen LogP contribution in [0.4, 0.5) is 11.6 Å². The lowest BCUT2D eigenvalue weighted by atomic mass is 10.3. The van der Waals surface area contributed by atoms with Crippen LogP contribution in [0.15, 0.2) is 18.3 Å². The number of hydrogen-bond acceptors (Lipinski definition) is 6. The molecule has 0 atom stereocenters. The van der Waals surface area contributed by atoms with E-state index < -0.39 is 0 Å². The number of hydrogen-bond donors (Lipinski definition) is 4. The standard InChI is InChI=1S/C10H13N7O/c1-12-10(18)7-2-3-8(16-15-7)13-4-6-5-14-17-9(6)11/h2-3,5H,4H2,1H3,(H,12,18)(H,13,16)(H3,11,14,17). The molecule has 0 saturated carbocycles. The molecule has 2 rings (SSSR count). The van der Waals surface area contributed by atoms with Gasteiger partial charge >= 0.3 is 0 Å². The Morgan fingerprint density at radius 1 is 1.44 bits per heavy atom. The van der Waals surface area contributed by atoms with Crippen LogP contribution in [-0.4, -0.2) is 33.3 Å². The topological polar surface area (TPSA) is 122 Å². The Hall–Kier alpha value is -2.64. The zero-order chi connectivity index (χ0) is 13.0. The van der Waals surface area contributed by atoms with E-state index in [0.717, 1.165) is 5.56 Å². The first-order valence-electron chi connectivity index (χ1n) is 5.28. The fourth-order valence-electron chi connectivity index (χ4n) is 1.32. The number of amides is 1. The summed E-state index contributed by atoms with van der Waals surface area (Å²) in [6.45, 7) is 0.482. The van der Waals surface area contributed by atoms with Crippen LogP contribution in [0, 0.1) is 0 Å². The number of anilines is 2. The van der Waals surface area contributed by atoms with Gasteiger partial charge in [-0.2, -0.15) is 5.10 Å². The number of nitrogens with one attached hydrogen (secondary N) is 3. The summed E-state index contributed by atoms with van der Waals surface area (Å²) >= 11 is 0. The molecule has 0 aliphatic carbocycles. The predicted molar refractivity (Wildman–Crippen MR) is 65.7 cm³/mol. The largest absolute Gasteiger partial charge is 0.384 e. The maximum absolute atomic E-state index is 11.3. The highest BCUT2D eigenvalue weighted by Crippen LogP contribution is 2.09. The predicted octanol–water partition coefficient (Wildman–Crippen LogP) is -0.246. The first-order valence-corrected chi connectivity index (χ1v) is 5.28. The molecular weight excluding hydrogens is 234 g/mol. The van der Waals surface area contributed by atoms with Gasteiger partial charge in [0, 0.05) is 19.2 Å². The van der Waals surface area contributed by atoms with Gasteiger partial charge in [0.05, 0.1) is 6.20 Å². The van der Waals surface area contributed by atoms with Crippen molar-refractivity contribution in [2.45, 2.75) is 6.54 Å². The molecule has 8 nitrogen and oxygen atoms in total. The van der Waals surface area contributed by atoms with Crippen LogP contribution in [-0.2, 0) is 6.54 Å². The summed E-state index contributed by atoms with van der Waals surface area (Å²) in [6, 6.07) is 3.26. The fourth-order valence-corrected chi connectivity index (χ4v) is 1.32. The number of nitrogen functional groups attached to an aromatic ring is 1. The minimum atomic E-state index is -0.270. The maximum atomic E-state index is 11.3. The number of nitrogens with zero attached hydrogens (tertiary/aromatic N) is 3. The minimum absolute atomic E-state index is 0.269. The maximum Gasteiger partial charge on any atom is 0.271 e. The number of carbonyl (C=O) groups is 1. The lowest BCUT2D eigenvalue weighted by molar-refractivity contribution is 0.0957. The van der Waals surface area contributed by atoms with Gasteiger partial charge in [0.25, 0.3) is 5.91 Å². The number of H-pyrrole nitrogens is 1. The van der Waals surface area contributed by atoms with Gasteiger partial charge in [-0.25, -0.2) is 0 Å². The molecule has 0 aromatic carbocycles. The number of aromatic nitrogens is 4. The van der Waals surface area contributed by atoms with Crippen molar-refractivity contribution in [1.29, 1.82) is 0 Å². The highest BCUT2D eigenvalue weighted by Gasteiger charge is 2.06. The Morgan fingerprint density at radius 2 is 2.28 bits per heavy atom. The van der Waals surface area contributed by atoms with E-state index in [2.05, 4.69) is 31.0 Å². The smallest absolute Gasteiger partial charge is 0.271 e. The summed E-state index contributed by atoms with van der Waals surface area (Å²) in [5.41, 5.74) is 6.75. The molecule has 0 aliphatic heterocycles. The van der Waals surface area contributed by atoms with E-state index in [1.807, 2.05) is 0 Å². The second kappa shape index (κ2) is 5.13. The molecule has 0 fully saturated rings. The van der Waals surface area contributed by atoms with Crippen LogP contribution < -0.4 is 16.4 Å². The molecule has 0 spiro atoms. The zero-order valence-electron chi connectivity index (χ0n) is 9.77. The van der Waals surface area contributed by atoms with E-state index >= 15 is 0 Å². The van der Waals surface area contributed by atoms with Crippen LogP contribution in [0.25, 0.3) is 0 Å². The van der Waals surface area contributed by atoms with Gasteiger partial charge in [-0.15, -0.1) is 10.2 Å². The SMILES string of the molecule is CNC(=O)c1ccc(NCc2cn[nH]c2N)nn1. The van der Waals surface area contributed by atoms with Gasteiger partial charge in [0.2, 0.25) is 0 Å². The molecule has 0 unspecified atom stereocenters. The van der Waals surface area contributed by atoms with Crippen molar-refractivity contribution in [2.24, 2.45) is 0 Å². The number of carbonyl (C=O) groups excluding carboxylic acids is 1. The van der Waals surface area contributed by atoms with E-state index in [1.165, 1.54) is 7.05 Å². The van der Waals surface area contributed by atoms with E-state index in [0.29, 0.717) is 18.2 Å². The number of aromatic amines is 1. The lowest BCUT2D eigenvalue weighted by Gasteiger charge is -2.04. The Kier molecular flexibility index (Phi) is 3.37. The molecule has 0 saturated heterocycles. The molecule has 0 bridgehead atoms. The third-order valence-corrected chi connectivity index (χ3v) is 2.34. The highest BCUT2D eigenvalue weighted by atomic mass is 16.1. The van der Waals surface area contributed by atoms with Gasteiger partial charge in [0.1, 0.15) is 11.6 Å². The third kappa shape index (κ3) is 2.54. The molecule has 2 aromatic heterocycles. The normalized spacial score (nSPS) is 10.1. The van der Waals surface area contributed by atoms with Gasteiger partial charge < -0.3 is 16.4 Å². The van der Waals surface area contributed by atoms with E-state index in [9.17, 15) is 4.79 Å². The second-order valence-corrected chi connectivity index (χ2v) is 3.55. The molecule has 2 aromatic rings. The molecule has 18 heavy (non-hydrogen) atoms. The summed E-state index contributed by atoms with van der Waals surface area (Å²) in [6.07, 6.45) is 1.63. The van der Waals surface area contributed by atoms with Crippen molar-refractivity contribution in [2.75, 3.05) is 18.1 Å². The fraction of sp³-hybridized carbons (Fsp3) is 0.200. The molecule has 94 valence electrons. The van der Waals surface area contributed by atoms with Crippen LogP contribution >= 0.6 is 0 Å². The van der Waals surface area contributed by atoms with Gasteiger partial charge in [-0.1, -0.05) is 0 Å². The average molecular weight is 247 g/mol. The lowest BCUT2D eigenvalue weighted by Crippen LogP contribution is -2.19. The van der Waals surface area contributed by atoms with Gasteiger partial charge in [-0.3, -0.25) is 9.89 Å². The van der Waals surface area contributed by atoms with E-state index in [4.69, 9.17) is 5.73 Å². The van der Waals surface area contributed by atoms with Crippen LogP contribution in [0.1, 0.15) is 16.1 Å². The van der Waals surface area contributed by atoms with Crippen molar-refractivity contribution in [3.63, 3.8) is 0 Å². The van der Waals surface area contributed by atoms with E-state index in [-0.39, 0.29) is 11.6 Å². The van der Waals surface area contributed by atoms with Crippen molar-refractivity contribution in [3.05, 3.63) is 29.6 Å². The zero-order valence-corrected chi connectivity index (χ0v) is 9.77. The van der Waals surface area contributed by atoms with Crippen LogP contribution in [0.3, 0.4) is 0 Å². The van der Waals surface area contributed by atoms with Crippen molar-refractivity contribution < 1.29 is 4.79 Å². The monoisotopic (exact) mass is 247 g/mol. The van der Waals surface area contributed by atoms with Crippen LogP contribution in [0.5, 0.6) is 0 Å². The van der Waals surface area contributed by atoms with E-state index in [1.54, 1.807) is 18.3 Å². The Morgan fingerprint density at radius 3 is 2.83 bits per heavy atom. The Bertz CT molecular complexity index is 533. The average Bonchev–Trinajstić information content (AvgIpc) is 2.81. The molecule has 0 aliphatic rings. The summed E-state index contributed by atoms with van der Waals surface area (Å²) in [5, 5.41) is 19.6. The first kappa shape index (κ1) is 11.8. The first-order chi connectivity index (χ1) is 8.70. The van der Waals surface area contributed by atoms with Gasteiger partial charge in [-0.05, 0) is 12.1 Å². The summed E-state index contributed by atoms with van der Waals surface area (Å²) in [5.74, 6) is 0.800. The molecular formula is C10H13N7O. The Labute approximate surface area is 103 Å². The molecule has 1 amide bonds. The molecule has 0 radical (unpaired) electrons. The molecule has 2 heterocycles. The summed E-state index contributed by atoms with van der Waals surface area (Å²) in [4.78, 5) is 11.3. The molecule has 5 N–H and O–H groups in total. The number of rotatable bonds is 4. The number of nitrogens with two attached hydrogens (primary N) is 1.